The van der Waals surface area contributed by atoms with Crippen molar-refractivity contribution in [3.63, 3.8) is 0 Å². The number of rotatable bonds is 4. The number of anilines is 3. The monoisotopic (exact) mass is 421 g/mol. The maximum absolute atomic E-state index is 4.80. The molecule has 0 radical (unpaired) electrons. The largest absolute Gasteiger partial charge is 0.346 e. The minimum absolute atomic E-state index is 0.343. The van der Waals surface area contributed by atoms with Gasteiger partial charge in [0.05, 0.1) is 24.8 Å². The fraction of sp³-hybridized carbons (Fsp3) is 0.565. The van der Waals surface area contributed by atoms with E-state index in [0.717, 1.165) is 47.5 Å². The lowest BCUT2D eigenvalue weighted by molar-refractivity contribution is -0.668. The van der Waals surface area contributed by atoms with Gasteiger partial charge in [-0.15, -0.1) is 0 Å². The molecule has 0 bridgehead atoms. The highest BCUT2D eigenvalue weighted by Crippen LogP contribution is 2.39. The molecule has 0 atom stereocenters. The number of aryl methyl sites for hydroxylation is 1. The first-order chi connectivity index (χ1) is 15.0. The maximum atomic E-state index is 4.80. The predicted molar refractivity (Wildman–Crippen MR) is 123 cm³/mol. The number of piperidine rings is 2. The van der Waals surface area contributed by atoms with Crippen molar-refractivity contribution in [1.82, 2.24) is 24.5 Å². The van der Waals surface area contributed by atoms with Gasteiger partial charge in [-0.05, 0) is 45.1 Å². The van der Waals surface area contributed by atoms with E-state index < -0.39 is 0 Å². The molecule has 0 amide bonds. The molecule has 2 aliphatic heterocycles. The number of pyridine rings is 1. The van der Waals surface area contributed by atoms with E-state index in [-0.39, 0.29) is 0 Å². The van der Waals surface area contributed by atoms with Crippen LogP contribution >= 0.6 is 0 Å². The van der Waals surface area contributed by atoms with E-state index in [0.29, 0.717) is 11.5 Å². The number of nitrogens with zero attached hydrogens (tertiary/aromatic N) is 6. The van der Waals surface area contributed by atoms with Crippen LogP contribution in [0.2, 0.25) is 0 Å². The topological polar surface area (TPSA) is 88.4 Å². The summed E-state index contributed by atoms with van der Waals surface area (Å²) in [6.45, 7) is 11.0. The second-order valence-corrected chi connectivity index (χ2v) is 9.40. The van der Waals surface area contributed by atoms with Crippen LogP contribution in [0.15, 0.2) is 24.5 Å². The van der Waals surface area contributed by atoms with E-state index >= 15 is 0 Å². The second kappa shape index (κ2) is 8.07. The molecule has 3 aromatic rings. The van der Waals surface area contributed by atoms with E-state index in [4.69, 9.17) is 4.98 Å². The molecule has 2 fully saturated rings. The summed E-state index contributed by atoms with van der Waals surface area (Å²) >= 11 is 0. The summed E-state index contributed by atoms with van der Waals surface area (Å²) in [5, 5.41) is 5.83. The molecule has 3 aromatic heterocycles. The predicted octanol–water partition coefficient (Wildman–Crippen LogP) is 2.80. The van der Waals surface area contributed by atoms with Crippen LogP contribution in [-0.2, 0) is 0 Å². The van der Waals surface area contributed by atoms with Crippen LogP contribution in [0.1, 0.15) is 51.4 Å². The van der Waals surface area contributed by atoms with E-state index in [1.54, 1.807) is 0 Å². The van der Waals surface area contributed by atoms with Crippen LogP contribution in [-0.4, -0.2) is 50.7 Å². The maximum Gasteiger partial charge on any atom is 0.227 e. The van der Waals surface area contributed by atoms with Crippen molar-refractivity contribution in [1.29, 1.82) is 0 Å². The van der Waals surface area contributed by atoms with Crippen LogP contribution in [0.5, 0.6) is 0 Å². The molecule has 2 saturated heterocycles. The van der Waals surface area contributed by atoms with E-state index in [1.807, 2.05) is 25.4 Å². The summed E-state index contributed by atoms with van der Waals surface area (Å²) < 4.78 is 2.24. The van der Waals surface area contributed by atoms with Gasteiger partial charge in [-0.2, -0.15) is 4.98 Å². The number of nitrogens with two attached hydrogens (primary N) is 1. The Morgan fingerprint density at radius 1 is 1.03 bits per heavy atom. The molecule has 5 rings (SSSR count). The highest BCUT2D eigenvalue weighted by molar-refractivity contribution is 5.79. The second-order valence-electron chi connectivity index (χ2n) is 9.40. The summed E-state index contributed by atoms with van der Waals surface area (Å²) in [5.74, 6) is 3.37. The van der Waals surface area contributed by atoms with E-state index in [9.17, 15) is 0 Å². The summed E-state index contributed by atoms with van der Waals surface area (Å²) in [4.78, 5) is 20.9. The van der Waals surface area contributed by atoms with Crippen molar-refractivity contribution in [2.75, 3.05) is 36.4 Å². The zero-order chi connectivity index (χ0) is 21.4. The van der Waals surface area contributed by atoms with Gasteiger partial charge in [0, 0.05) is 44.2 Å². The Morgan fingerprint density at radius 3 is 2.55 bits per heavy atom. The van der Waals surface area contributed by atoms with E-state index in [2.05, 4.69) is 55.0 Å². The lowest BCUT2D eigenvalue weighted by Crippen LogP contribution is -2.87. The molecule has 5 heterocycles. The summed E-state index contributed by atoms with van der Waals surface area (Å²) in [5.41, 5.74) is 2.56. The van der Waals surface area contributed by atoms with Crippen molar-refractivity contribution in [2.45, 2.75) is 52.5 Å². The van der Waals surface area contributed by atoms with Gasteiger partial charge in [-0.25, -0.2) is 15.0 Å². The van der Waals surface area contributed by atoms with Crippen molar-refractivity contribution >= 4 is 28.6 Å². The molecule has 0 unspecified atom stereocenters. The van der Waals surface area contributed by atoms with Crippen LogP contribution < -0.4 is 15.5 Å². The Labute approximate surface area is 183 Å². The quantitative estimate of drug-likeness (QED) is 0.673. The Kier molecular flexibility index (Phi) is 5.25. The molecule has 31 heavy (non-hydrogen) atoms. The molecule has 8 heteroatoms. The first kappa shape index (κ1) is 20.2. The molecule has 2 aliphatic rings. The molecule has 8 nitrogen and oxygen atoms in total. The number of aromatic nitrogens is 5. The van der Waals surface area contributed by atoms with Crippen molar-refractivity contribution in [2.24, 2.45) is 5.41 Å². The van der Waals surface area contributed by atoms with Crippen LogP contribution in [0.3, 0.4) is 0 Å². The summed E-state index contributed by atoms with van der Waals surface area (Å²) in [6, 6.07) is 4.31. The fourth-order valence-corrected chi connectivity index (χ4v) is 5.31. The van der Waals surface area contributed by atoms with Crippen molar-refractivity contribution in [3.05, 3.63) is 30.4 Å². The molecular formula is C23H33N8+. The Morgan fingerprint density at radius 2 is 1.81 bits per heavy atom. The minimum atomic E-state index is 0.343. The lowest BCUT2D eigenvalue weighted by Gasteiger charge is -2.43. The summed E-state index contributed by atoms with van der Waals surface area (Å²) in [6.07, 6.45) is 8.87. The van der Waals surface area contributed by atoms with Gasteiger partial charge < -0.3 is 20.1 Å². The van der Waals surface area contributed by atoms with E-state index in [1.165, 1.54) is 38.8 Å². The zero-order valence-corrected chi connectivity index (χ0v) is 18.8. The van der Waals surface area contributed by atoms with Gasteiger partial charge in [0.25, 0.3) is 0 Å². The Bertz CT molecular complexity index is 1060. The van der Waals surface area contributed by atoms with Crippen molar-refractivity contribution < 1.29 is 5.32 Å². The average Bonchev–Trinajstić information content (AvgIpc) is 3.10. The molecule has 0 aliphatic carbocycles. The SMILES string of the molecule is Cc1nc2cnc(Nc3ccnc(N4CCC5(CC[NH2+]CC5)CC4)n3)cc2n1C(C)C. The molecular weight excluding hydrogens is 388 g/mol. The highest BCUT2D eigenvalue weighted by Gasteiger charge is 2.37. The van der Waals surface area contributed by atoms with Gasteiger partial charge >= 0.3 is 0 Å². The number of hydrogen-bond acceptors (Lipinski definition) is 6. The van der Waals surface area contributed by atoms with Crippen LogP contribution in [0.4, 0.5) is 17.6 Å². The normalized spacial score (nSPS) is 18.8. The lowest BCUT2D eigenvalue weighted by atomic mass is 9.72. The molecule has 3 N–H and O–H groups in total. The fourth-order valence-electron chi connectivity index (χ4n) is 5.31. The Hall–Kier alpha value is -2.74. The third kappa shape index (κ3) is 3.96. The third-order valence-electron chi connectivity index (χ3n) is 7.03. The number of fused-ring (bicyclic) bond motifs is 1. The summed E-state index contributed by atoms with van der Waals surface area (Å²) in [7, 11) is 0. The molecule has 164 valence electrons. The van der Waals surface area contributed by atoms with Gasteiger partial charge in [0.2, 0.25) is 5.95 Å². The van der Waals surface area contributed by atoms with Gasteiger partial charge in [0.15, 0.2) is 0 Å². The van der Waals surface area contributed by atoms with Crippen LogP contribution in [0, 0.1) is 12.3 Å². The smallest absolute Gasteiger partial charge is 0.227 e. The first-order valence-corrected chi connectivity index (χ1v) is 11.5. The number of hydrogen-bond donors (Lipinski definition) is 2. The van der Waals surface area contributed by atoms with Gasteiger partial charge in [-0.3, -0.25) is 0 Å². The minimum Gasteiger partial charge on any atom is -0.346 e. The number of imidazole rings is 1. The van der Waals surface area contributed by atoms with Crippen LogP contribution in [0.25, 0.3) is 11.0 Å². The Balaban J connectivity index is 1.32. The number of quaternary nitrogens is 1. The van der Waals surface area contributed by atoms with Gasteiger partial charge in [-0.1, -0.05) is 0 Å². The molecule has 1 spiro atoms. The number of nitrogens with one attached hydrogen (secondary N) is 1. The molecule has 0 aromatic carbocycles. The average molecular weight is 422 g/mol. The standard InChI is InChI=1S/C23H32N8/c1-16(2)31-17(3)27-18-15-26-21(14-19(18)31)28-20-4-9-25-22(29-20)30-12-7-23(8-13-30)5-10-24-11-6-23/h4,9,14-16,24H,5-8,10-13H2,1-3H3,(H,25,26,28,29)/p+1. The zero-order valence-electron chi connectivity index (χ0n) is 18.8. The first-order valence-electron chi connectivity index (χ1n) is 11.5. The van der Waals surface area contributed by atoms with Crippen molar-refractivity contribution in [3.8, 4) is 0 Å². The molecule has 0 saturated carbocycles. The van der Waals surface area contributed by atoms with Gasteiger partial charge in [0.1, 0.15) is 23.0 Å². The highest BCUT2D eigenvalue weighted by atomic mass is 15.3. The third-order valence-corrected chi connectivity index (χ3v) is 7.03.